The zero-order valence-corrected chi connectivity index (χ0v) is 11.1. The third-order valence-corrected chi connectivity index (χ3v) is 3.66. The monoisotopic (exact) mass is 284 g/mol. The van der Waals surface area contributed by atoms with E-state index in [1.54, 1.807) is 6.07 Å². The number of nitro benzene ring substituents is 1. The number of nitrogens with one attached hydrogen (secondary N) is 1. The Morgan fingerprint density at radius 2 is 2.38 bits per heavy atom. The van der Waals surface area contributed by atoms with Crippen molar-refractivity contribution in [3.63, 3.8) is 0 Å². The van der Waals surface area contributed by atoms with Crippen LogP contribution in [0.25, 0.3) is 0 Å². The van der Waals surface area contributed by atoms with Crippen molar-refractivity contribution < 1.29 is 4.92 Å². The first-order valence-electron chi connectivity index (χ1n) is 6.48. The predicted molar refractivity (Wildman–Crippen MR) is 73.8 cm³/mol. The summed E-state index contributed by atoms with van der Waals surface area (Å²) in [5.74, 6) is 1.06. The minimum Gasteiger partial charge on any atom is -0.370 e. The maximum Gasteiger partial charge on any atom is 0.270 e. The van der Waals surface area contributed by atoms with E-state index in [0.717, 1.165) is 24.5 Å². The van der Waals surface area contributed by atoms with Gasteiger partial charge in [0.2, 0.25) is 0 Å². The van der Waals surface area contributed by atoms with Gasteiger partial charge in [-0.15, -0.1) is 0 Å². The summed E-state index contributed by atoms with van der Waals surface area (Å²) in [4.78, 5) is 16.5. The number of non-ortho nitro benzene ring substituents is 1. The molecule has 0 bridgehead atoms. The van der Waals surface area contributed by atoms with Gasteiger partial charge in [-0.3, -0.25) is 15.2 Å². The zero-order valence-electron chi connectivity index (χ0n) is 11.1. The van der Waals surface area contributed by atoms with Crippen LogP contribution in [0.4, 0.5) is 11.4 Å². The highest BCUT2D eigenvalue weighted by atomic mass is 16.6. The molecular formula is C13H12N6O2. The van der Waals surface area contributed by atoms with Crippen LogP contribution < -0.4 is 4.90 Å². The quantitative estimate of drug-likeness (QED) is 0.676. The Morgan fingerprint density at radius 3 is 3.05 bits per heavy atom. The smallest absolute Gasteiger partial charge is 0.270 e. The lowest BCUT2D eigenvalue weighted by Gasteiger charge is -2.19. The minimum atomic E-state index is -0.494. The average Bonchev–Trinajstić information content (AvgIpc) is 3.17. The van der Waals surface area contributed by atoms with E-state index in [4.69, 9.17) is 0 Å². The van der Waals surface area contributed by atoms with Crippen molar-refractivity contribution in [1.29, 1.82) is 5.26 Å². The molecule has 8 nitrogen and oxygen atoms in total. The van der Waals surface area contributed by atoms with E-state index in [9.17, 15) is 15.4 Å². The molecule has 1 unspecified atom stereocenters. The van der Waals surface area contributed by atoms with Gasteiger partial charge in [0.1, 0.15) is 18.2 Å². The number of benzene rings is 1. The number of nitro groups is 1. The molecular weight excluding hydrogens is 272 g/mol. The van der Waals surface area contributed by atoms with Crippen LogP contribution in [0.2, 0.25) is 0 Å². The van der Waals surface area contributed by atoms with E-state index in [1.165, 1.54) is 18.5 Å². The summed E-state index contributed by atoms with van der Waals surface area (Å²) in [6, 6.07) is 6.42. The Morgan fingerprint density at radius 1 is 1.52 bits per heavy atom. The van der Waals surface area contributed by atoms with Crippen molar-refractivity contribution in [2.75, 3.05) is 18.0 Å². The number of nitrogens with zero attached hydrogens (tertiary/aromatic N) is 5. The summed E-state index contributed by atoms with van der Waals surface area (Å²) in [5, 5.41) is 26.7. The van der Waals surface area contributed by atoms with Gasteiger partial charge in [-0.05, 0) is 12.5 Å². The second-order valence-electron chi connectivity index (χ2n) is 4.87. The highest BCUT2D eigenvalue weighted by molar-refractivity contribution is 5.63. The molecule has 8 heteroatoms. The lowest BCUT2D eigenvalue weighted by molar-refractivity contribution is -0.384. The number of hydrogen-bond donors (Lipinski definition) is 1. The number of anilines is 1. The topological polar surface area (TPSA) is 112 Å². The first kappa shape index (κ1) is 13.1. The van der Waals surface area contributed by atoms with Crippen molar-refractivity contribution >= 4 is 11.4 Å². The molecule has 3 rings (SSSR count). The Hall–Kier alpha value is -2.95. The molecule has 21 heavy (non-hydrogen) atoms. The van der Waals surface area contributed by atoms with Crippen LogP contribution >= 0.6 is 0 Å². The first-order valence-corrected chi connectivity index (χ1v) is 6.48. The molecule has 0 radical (unpaired) electrons. The summed E-state index contributed by atoms with van der Waals surface area (Å²) < 4.78 is 0. The molecule has 2 heterocycles. The molecule has 1 aliphatic rings. The van der Waals surface area contributed by atoms with E-state index < -0.39 is 4.92 Å². The fourth-order valence-electron chi connectivity index (χ4n) is 2.62. The first-order chi connectivity index (χ1) is 10.2. The lowest BCUT2D eigenvalue weighted by atomic mass is 10.1. The van der Waals surface area contributed by atoms with E-state index in [-0.39, 0.29) is 11.6 Å². The SMILES string of the molecule is N#Cc1cc([N+](=O)[O-])ccc1N1CCC(c2ncn[nH]2)C1. The zero-order chi connectivity index (χ0) is 14.8. The van der Waals surface area contributed by atoms with Gasteiger partial charge < -0.3 is 4.90 Å². The van der Waals surface area contributed by atoms with Crippen molar-refractivity contribution in [2.45, 2.75) is 12.3 Å². The molecule has 1 saturated heterocycles. The molecule has 1 aromatic carbocycles. The number of H-pyrrole nitrogens is 1. The normalized spacial score (nSPS) is 17.7. The van der Waals surface area contributed by atoms with Crippen LogP contribution in [-0.2, 0) is 0 Å². The highest BCUT2D eigenvalue weighted by Gasteiger charge is 2.27. The van der Waals surface area contributed by atoms with Crippen LogP contribution in [-0.4, -0.2) is 33.2 Å². The van der Waals surface area contributed by atoms with Crippen molar-refractivity contribution in [2.24, 2.45) is 0 Å². The fraction of sp³-hybridized carbons (Fsp3) is 0.308. The maximum absolute atomic E-state index is 10.8. The van der Waals surface area contributed by atoms with Gasteiger partial charge in [-0.25, -0.2) is 4.98 Å². The van der Waals surface area contributed by atoms with E-state index in [2.05, 4.69) is 20.1 Å². The van der Waals surface area contributed by atoms with Gasteiger partial charge in [0.05, 0.1) is 16.2 Å². The van der Waals surface area contributed by atoms with Crippen LogP contribution in [0.3, 0.4) is 0 Å². The van der Waals surface area contributed by atoms with Gasteiger partial charge in [-0.2, -0.15) is 10.4 Å². The predicted octanol–water partition coefficient (Wildman–Crippen LogP) is 1.58. The molecule has 0 spiro atoms. The Kier molecular flexibility index (Phi) is 3.23. The molecule has 0 amide bonds. The summed E-state index contributed by atoms with van der Waals surface area (Å²) >= 11 is 0. The van der Waals surface area contributed by atoms with Crippen LogP contribution in [0.1, 0.15) is 23.7 Å². The number of hydrogen-bond acceptors (Lipinski definition) is 6. The Balaban J connectivity index is 1.85. The molecule has 0 saturated carbocycles. The maximum atomic E-state index is 10.8. The van der Waals surface area contributed by atoms with Crippen molar-refractivity contribution in [1.82, 2.24) is 15.2 Å². The standard InChI is InChI=1S/C13H12N6O2/c14-6-10-5-11(19(20)21)1-2-12(10)18-4-3-9(7-18)13-15-8-16-17-13/h1-2,5,8-9H,3-4,7H2,(H,15,16,17). The Labute approximate surface area is 120 Å². The summed E-state index contributed by atoms with van der Waals surface area (Å²) in [6.07, 6.45) is 2.38. The van der Waals surface area contributed by atoms with E-state index >= 15 is 0 Å². The molecule has 0 aliphatic carbocycles. The van der Waals surface area contributed by atoms with E-state index in [0.29, 0.717) is 12.1 Å². The fourth-order valence-corrected chi connectivity index (χ4v) is 2.62. The van der Waals surface area contributed by atoms with Gasteiger partial charge in [0.15, 0.2) is 0 Å². The molecule has 2 aromatic rings. The number of aromatic amines is 1. The molecule has 1 atom stereocenters. The highest BCUT2D eigenvalue weighted by Crippen LogP contribution is 2.32. The summed E-state index contributed by atoms with van der Waals surface area (Å²) in [6.45, 7) is 1.49. The van der Waals surface area contributed by atoms with Crippen molar-refractivity contribution in [3.05, 3.63) is 46.0 Å². The molecule has 1 N–H and O–H groups in total. The second kappa shape index (κ2) is 5.20. The number of rotatable bonds is 3. The molecule has 106 valence electrons. The Bertz CT molecular complexity index is 706. The third kappa shape index (κ3) is 2.41. The van der Waals surface area contributed by atoms with Gasteiger partial charge in [0, 0.05) is 31.1 Å². The number of aromatic nitrogens is 3. The summed E-state index contributed by atoms with van der Waals surface area (Å²) in [5.41, 5.74) is 0.980. The van der Waals surface area contributed by atoms with Crippen LogP contribution in [0.5, 0.6) is 0 Å². The molecule has 1 fully saturated rings. The number of nitriles is 1. The van der Waals surface area contributed by atoms with Gasteiger partial charge >= 0.3 is 0 Å². The lowest BCUT2D eigenvalue weighted by Crippen LogP contribution is -2.20. The van der Waals surface area contributed by atoms with Crippen molar-refractivity contribution in [3.8, 4) is 6.07 Å². The second-order valence-corrected chi connectivity index (χ2v) is 4.87. The average molecular weight is 284 g/mol. The van der Waals surface area contributed by atoms with Crippen LogP contribution in [0.15, 0.2) is 24.5 Å². The molecule has 1 aliphatic heterocycles. The van der Waals surface area contributed by atoms with Gasteiger partial charge in [-0.1, -0.05) is 0 Å². The minimum absolute atomic E-state index is 0.0683. The largest absolute Gasteiger partial charge is 0.370 e. The van der Waals surface area contributed by atoms with E-state index in [1.807, 2.05) is 6.07 Å². The summed E-state index contributed by atoms with van der Waals surface area (Å²) in [7, 11) is 0. The van der Waals surface area contributed by atoms with Gasteiger partial charge in [0.25, 0.3) is 5.69 Å². The third-order valence-electron chi connectivity index (χ3n) is 3.66. The van der Waals surface area contributed by atoms with Crippen LogP contribution in [0, 0.1) is 21.4 Å². The molecule has 1 aromatic heterocycles.